The van der Waals surface area contributed by atoms with Crippen LogP contribution in [0.5, 0.6) is 0 Å². The van der Waals surface area contributed by atoms with Crippen molar-refractivity contribution in [1.29, 1.82) is 0 Å². The maximum absolute atomic E-state index is 12.9. The molecule has 2 aromatic carbocycles. The minimum absolute atomic E-state index is 0.0508. The van der Waals surface area contributed by atoms with E-state index in [4.69, 9.17) is 14.5 Å². The number of aliphatic hydroxyl groups is 1. The Labute approximate surface area is 261 Å². The fourth-order valence-electron chi connectivity index (χ4n) is 7.97. The zero-order valence-corrected chi connectivity index (χ0v) is 27.1. The minimum Gasteiger partial charge on any atom is -0.373 e. The van der Waals surface area contributed by atoms with Crippen molar-refractivity contribution in [2.45, 2.75) is 96.9 Å². The molecule has 0 aliphatic carbocycles. The quantitative estimate of drug-likeness (QED) is 0.285. The molecule has 9 heteroatoms. The van der Waals surface area contributed by atoms with E-state index in [1.165, 1.54) is 16.7 Å². The first-order valence-electron chi connectivity index (χ1n) is 16.1. The van der Waals surface area contributed by atoms with E-state index in [9.17, 15) is 9.90 Å². The molecule has 6 rings (SSSR count). The van der Waals surface area contributed by atoms with Crippen LogP contribution in [0.15, 0.2) is 46.5 Å². The van der Waals surface area contributed by atoms with E-state index in [-0.39, 0.29) is 30.0 Å². The van der Waals surface area contributed by atoms with Crippen molar-refractivity contribution in [1.82, 2.24) is 5.32 Å². The average Bonchev–Trinajstić information content (AvgIpc) is 3.01. The van der Waals surface area contributed by atoms with Gasteiger partial charge >= 0.3 is 5.71 Å². The van der Waals surface area contributed by atoms with Gasteiger partial charge in [0.25, 0.3) is 0 Å². The SMILES string of the molecule is CN=[N+]=C1CN(c2c(C(C)C)cccc2C(C)C)C(O)C23CC(C=O)=NC(CNC(C)c4cccc5c4N(C2)C1OC5C)C3. The van der Waals surface area contributed by atoms with Crippen LogP contribution < -0.4 is 15.1 Å². The van der Waals surface area contributed by atoms with Crippen LogP contribution in [0, 0.1) is 5.41 Å². The first-order valence-corrected chi connectivity index (χ1v) is 16.1. The maximum atomic E-state index is 12.9. The van der Waals surface area contributed by atoms with Gasteiger partial charge in [0.1, 0.15) is 19.8 Å². The Kier molecular flexibility index (Phi) is 8.26. The highest BCUT2D eigenvalue weighted by Crippen LogP contribution is 2.50. The third kappa shape index (κ3) is 5.10. The summed E-state index contributed by atoms with van der Waals surface area (Å²) in [5.74, 6) is 0.459. The molecule has 0 aromatic heterocycles. The van der Waals surface area contributed by atoms with Gasteiger partial charge in [0.15, 0.2) is 6.29 Å². The van der Waals surface area contributed by atoms with Crippen molar-refractivity contribution < 1.29 is 19.4 Å². The van der Waals surface area contributed by atoms with Crippen molar-refractivity contribution in [2.75, 3.05) is 36.5 Å². The molecule has 2 N–H and O–H groups in total. The molecular formula is C35H47N6O3+. The zero-order chi connectivity index (χ0) is 31.3. The third-order valence-electron chi connectivity index (χ3n) is 10.0. The first-order chi connectivity index (χ1) is 21.1. The van der Waals surface area contributed by atoms with E-state index in [1.807, 2.05) is 0 Å². The second-order valence-corrected chi connectivity index (χ2v) is 13.7. The number of para-hydroxylation sites is 2. The number of anilines is 2. The van der Waals surface area contributed by atoms with E-state index in [1.54, 1.807) is 7.05 Å². The van der Waals surface area contributed by atoms with Crippen molar-refractivity contribution in [2.24, 2.45) is 15.5 Å². The summed E-state index contributed by atoms with van der Waals surface area (Å²) in [6.07, 6.45) is 0.298. The summed E-state index contributed by atoms with van der Waals surface area (Å²) in [7, 11) is 1.69. The summed E-state index contributed by atoms with van der Waals surface area (Å²) in [6, 6.07) is 12.8. The monoisotopic (exact) mass is 599 g/mol. The molecule has 6 unspecified atom stereocenters. The fourth-order valence-corrected chi connectivity index (χ4v) is 7.97. The van der Waals surface area contributed by atoms with Crippen LogP contribution in [0.2, 0.25) is 0 Å². The van der Waals surface area contributed by atoms with Gasteiger partial charge in [-0.25, -0.2) is 0 Å². The van der Waals surface area contributed by atoms with E-state index < -0.39 is 17.9 Å². The van der Waals surface area contributed by atoms with Gasteiger partial charge in [0.2, 0.25) is 6.23 Å². The largest absolute Gasteiger partial charge is 0.386 e. The Bertz CT molecular complexity index is 1500. The molecule has 0 saturated carbocycles. The molecule has 4 aliphatic rings. The Morgan fingerprint density at radius 1 is 1.07 bits per heavy atom. The normalized spacial score (nSPS) is 29.9. The fraction of sp³-hybridized carbons (Fsp3) is 0.571. The van der Waals surface area contributed by atoms with E-state index >= 15 is 0 Å². The second kappa shape index (κ2) is 11.9. The van der Waals surface area contributed by atoms with Crippen LogP contribution in [0.25, 0.3) is 0 Å². The number of nitrogens with zero attached hydrogens (tertiary/aromatic N) is 5. The van der Waals surface area contributed by atoms with Gasteiger partial charge < -0.3 is 25.0 Å². The number of aliphatic hydroxyl groups excluding tert-OH is 1. The number of aliphatic imine (C=N–C) groups is 1. The molecule has 1 fully saturated rings. The Morgan fingerprint density at radius 2 is 1.75 bits per heavy atom. The lowest BCUT2D eigenvalue weighted by atomic mass is 9.71. The van der Waals surface area contributed by atoms with Crippen molar-refractivity contribution in [3.05, 3.63) is 58.7 Å². The van der Waals surface area contributed by atoms with Gasteiger partial charge in [-0.15, -0.1) is 0 Å². The van der Waals surface area contributed by atoms with Crippen molar-refractivity contribution in [3.63, 3.8) is 0 Å². The van der Waals surface area contributed by atoms with Crippen LogP contribution in [0.1, 0.15) is 101 Å². The highest BCUT2D eigenvalue weighted by Gasteiger charge is 2.55. The van der Waals surface area contributed by atoms with Crippen LogP contribution in [-0.4, -0.2) is 72.8 Å². The number of ether oxygens (including phenoxy) is 1. The van der Waals surface area contributed by atoms with Crippen LogP contribution in [0.4, 0.5) is 11.4 Å². The number of carbonyl (C=O) groups is 1. The van der Waals surface area contributed by atoms with Gasteiger partial charge in [-0.05, 0) is 48.8 Å². The van der Waals surface area contributed by atoms with Gasteiger partial charge in [-0.3, -0.25) is 9.79 Å². The molecule has 0 amide bonds. The summed E-state index contributed by atoms with van der Waals surface area (Å²) >= 11 is 0. The number of nitrogens with one attached hydrogen (secondary N) is 1. The molecule has 6 atom stereocenters. The highest BCUT2D eigenvalue weighted by atomic mass is 16.5. The molecule has 44 heavy (non-hydrogen) atoms. The zero-order valence-electron chi connectivity index (χ0n) is 27.1. The van der Waals surface area contributed by atoms with Crippen LogP contribution in [0.3, 0.4) is 0 Å². The Morgan fingerprint density at radius 3 is 2.41 bits per heavy atom. The molecule has 0 radical (unpaired) electrons. The second-order valence-electron chi connectivity index (χ2n) is 13.7. The number of hydrogen-bond acceptors (Lipinski definition) is 8. The topological polar surface area (TPSA) is 104 Å². The van der Waals surface area contributed by atoms with E-state index in [0.717, 1.165) is 28.9 Å². The molecule has 234 valence electrons. The lowest BCUT2D eigenvalue weighted by Gasteiger charge is -2.54. The maximum Gasteiger partial charge on any atom is 0.386 e. The number of hydrogen-bond donors (Lipinski definition) is 2. The summed E-state index contributed by atoms with van der Waals surface area (Å²) in [5, 5.41) is 20.9. The molecule has 4 heterocycles. The lowest BCUT2D eigenvalue weighted by Crippen LogP contribution is -2.65. The van der Waals surface area contributed by atoms with E-state index in [0.29, 0.717) is 38.2 Å². The molecule has 1 spiro atoms. The molecule has 3 bridgehead atoms. The smallest absolute Gasteiger partial charge is 0.373 e. The van der Waals surface area contributed by atoms with Crippen molar-refractivity contribution >= 4 is 29.1 Å². The average molecular weight is 600 g/mol. The van der Waals surface area contributed by atoms with Gasteiger partial charge in [0.05, 0.1) is 27.8 Å². The van der Waals surface area contributed by atoms with Crippen LogP contribution in [-0.2, 0) is 9.53 Å². The summed E-state index contributed by atoms with van der Waals surface area (Å²) in [4.78, 5) is 26.5. The standard InChI is InChI=1S/C35H47N6O3/c1-20(2)26-10-8-11-27(21(3)4)31(26)40-17-30(39-36-7)33-41-19-35(34(40)43)14-24(38-25(15-35)18-42)16-37-22(5)28-12-9-13-29(32(28)41)23(6)44-33/h8-13,18,20-24,33-34,37,43H,14-17,19H2,1-7H3/q+1. The molecule has 9 nitrogen and oxygen atoms in total. The minimum atomic E-state index is -0.928. The summed E-state index contributed by atoms with van der Waals surface area (Å²) < 4.78 is 6.87. The number of benzene rings is 2. The predicted molar refractivity (Wildman–Crippen MR) is 174 cm³/mol. The number of aldehydes is 1. The van der Waals surface area contributed by atoms with Crippen LogP contribution >= 0.6 is 0 Å². The Hall–Kier alpha value is -3.36. The predicted octanol–water partition coefficient (Wildman–Crippen LogP) is 5.18. The molecule has 1 saturated heterocycles. The van der Waals surface area contributed by atoms with Gasteiger partial charge in [-0.1, -0.05) is 64.1 Å². The summed E-state index contributed by atoms with van der Waals surface area (Å²) in [6.45, 7) is 14.5. The summed E-state index contributed by atoms with van der Waals surface area (Å²) in [5.41, 5.74) is 7.35. The lowest BCUT2D eigenvalue weighted by molar-refractivity contribution is -0.112. The highest BCUT2D eigenvalue weighted by molar-refractivity contribution is 6.28. The van der Waals surface area contributed by atoms with Gasteiger partial charge in [0, 0.05) is 47.9 Å². The van der Waals surface area contributed by atoms with E-state index in [2.05, 4.69) is 98.2 Å². The number of rotatable bonds is 4. The molecule has 4 aliphatic heterocycles. The number of carbonyl (C=O) groups excluding carboxylic acids is 1. The van der Waals surface area contributed by atoms with Crippen molar-refractivity contribution in [3.8, 4) is 0 Å². The van der Waals surface area contributed by atoms with Gasteiger partial charge in [-0.2, -0.15) is 0 Å². The third-order valence-corrected chi connectivity index (χ3v) is 10.0. The number of fused-ring (bicyclic) bond motifs is 1. The molecular weight excluding hydrogens is 552 g/mol. The molecule has 2 aromatic rings. The first kappa shape index (κ1) is 30.7. The Balaban J connectivity index is 1.65.